The molecule has 0 aliphatic rings. The van der Waals surface area contributed by atoms with Gasteiger partial charge in [-0.15, -0.1) is 5.10 Å². The zero-order valence-corrected chi connectivity index (χ0v) is 9.75. The lowest BCUT2D eigenvalue weighted by Crippen LogP contribution is -2.06. The third kappa shape index (κ3) is 2.09. The van der Waals surface area contributed by atoms with Gasteiger partial charge in [0.15, 0.2) is 12.0 Å². The molecule has 0 spiro atoms. The molecule has 0 radical (unpaired) electrons. The molecule has 1 aromatic carbocycles. The van der Waals surface area contributed by atoms with Gasteiger partial charge in [0.1, 0.15) is 5.69 Å². The van der Waals surface area contributed by atoms with Gasteiger partial charge in [0.2, 0.25) is 0 Å². The molecular formula is C12H13N3O2. The van der Waals surface area contributed by atoms with Crippen LogP contribution in [0, 0.1) is 6.92 Å². The van der Waals surface area contributed by atoms with Crippen LogP contribution >= 0.6 is 0 Å². The minimum Gasteiger partial charge on any atom is -0.378 e. The van der Waals surface area contributed by atoms with Gasteiger partial charge in [0, 0.05) is 7.11 Å². The fourth-order valence-electron chi connectivity index (χ4n) is 1.67. The van der Waals surface area contributed by atoms with Crippen LogP contribution in [0.3, 0.4) is 0 Å². The van der Waals surface area contributed by atoms with Gasteiger partial charge in [-0.1, -0.05) is 23.4 Å². The van der Waals surface area contributed by atoms with Crippen molar-refractivity contribution in [2.75, 3.05) is 7.11 Å². The van der Waals surface area contributed by atoms with E-state index in [9.17, 15) is 4.79 Å². The van der Waals surface area contributed by atoms with E-state index in [4.69, 9.17) is 4.74 Å². The van der Waals surface area contributed by atoms with Crippen LogP contribution in [0.1, 0.15) is 21.7 Å². The summed E-state index contributed by atoms with van der Waals surface area (Å²) in [6.07, 6.45) is 0.691. The quantitative estimate of drug-likeness (QED) is 0.749. The van der Waals surface area contributed by atoms with E-state index in [1.807, 2.05) is 31.2 Å². The third-order valence-electron chi connectivity index (χ3n) is 2.53. The van der Waals surface area contributed by atoms with Crippen molar-refractivity contribution >= 4 is 6.29 Å². The Morgan fingerprint density at radius 2 is 2.18 bits per heavy atom. The summed E-state index contributed by atoms with van der Waals surface area (Å²) in [6, 6.07) is 7.78. The Morgan fingerprint density at radius 3 is 2.82 bits per heavy atom. The van der Waals surface area contributed by atoms with Crippen LogP contribution in [0.2, 0.25) is 0 Å². The van der Waals surface area contributed by atoms with Gasteiger partial charge in [-0.3, -0.25) is 4.79 Å². The first-order chi connectivity index (χ1) is 8.27. The maximum atomic E-state index is 10.9. The fourth-order valence-corrected chi connectivity index (χ4v) is 1.67. The SMILES string of the molecule is COCc1c(C=O)nnn1-c1ccccc1C. The Kier molecular flexibility index (Phi) is 3.30. The van der Waals surface area contributed by atoms with Crippen LogP contribution in [-0.2, 0) is 11.3 Å². The summed E-state index contributed by atoms with van der Waals surface area (Å²) in [6.45, 7) is 2.28. The molecule has 0 aliphatic heterocycles. The summed E-state index contributed by atoms with van der Waals surface area (Å²) in [5, 5.41) is 7.83. The molecule has 0 saturated carbocycles. The number of methoxy groups -OCH3 is 1. The lowest BCUT2D eigenvalue weighted by molar-refractivity contribution is 0.111. The number of aromatic nitrogens is 3. The molecule has 2 aromatic rings. The number of nitrogens with zero attached hydrogens (tertiary/aromatic N) is 3. The van der Waals surface area contributed by atoms with Gasteiger partial charge in [0.25, 0.3) is 0 Å². The van der Waals surface area contributed by atoms with E-state index in [0.29, 0.717) is 24.3 Å². The minimum absolute atomic E-state index is 0.301. The van der Waals surface area contributed by atoms with Crippen molar-refractivity contribution in [3.05, 3.63) is 41.2 Å². The average Bonchev–Trinajstić information content (AvgIpc) is 2.73. The molecule has 1 aromatic heterocycles. The van der Waals surface area contributed by atoms with Crippen molar-refractivity contribution in [1.82, 2.24) is 15.0 Å². The van der Waals surface area contributed by atoms with Crippen LogP contribution < -0.4 is 0 Å². The van der Waals surface area contributed by atoms with Gasteiger partial charge in [-0.2, -0.15) is 0 Å². The van der Waals surface area contributed by atoms with Crippen molar-refractivity contribution in [2.24, 2.45) is 0 Å². The van der Waals surface area contributed by atoms with Crippen molar-refractivity contribution in [1.29, 1.82) is 0 Å². The first kappa shape index (κ1) is 11.5. The number of aryl methyl sites for hydroxylation is 1. The molecule has 0 fully saturated rings. The molecule has 0 amide bonds. The highest BCUT2D eigenvalue weighted by molar-refractivity contribution is 5.73. The number of para-hydroxylation sites is 1. The van der Waals surface area contributed by atoms with E-state index in [0.717, 1.165) is 11.3 Å². The number of hydrogen-bond acceptors (Lipinski definition) is 4. The zero-order chi connectivity index (χ0) is 12.3. The van der Waals surface area contributed by atoms with E-state index in [1.165, 1.54) is 0 Å². The van der Waals surface area contributed by atoms with Crippen LogP contribution in [0.5, 0.6) is 0 Å². The van der Waals surface area contributed by atoms with Gasteiger partial charge < -0.3 is 4.74 Å². The molecule has 0 atom stereocenters. The molecule has 0 bridgehead atoms. The second-order valence-electron chi connectivity index (χ2n) is 3.67. The van der Waals surface area contributed by atoms with Crippen LogP contribution in [-0.4, -0.2) is 28.4 Å². The molecule has 88 valence electrons. The van der Waals surface area contributed by atoms with Crippen LogP contribution in [0.25, 0.3) is 5.69 Å². The standard InChI is InChI=1S/C12H13N3O2/c1-9-5-3-4-6-11(9)15-12(8-17-2)10(7-16)13-14-15/h3-7H,8H2,1-2H3. The summed E-state index contributed by atoms with van der Waals surface area (Å²) in [7, 11) is 1.57. The van der Waals surface area contributed by atoms with E-state index >= 15 is 0 Å². The predicted molar refractivity (Wildman–Crippen MR) is 62.2 cm³/mol. The molecule has 17 heavy (non-hydrogen) atoms. The molecule has 0 aliphatic carbocycles. The lowest BCUT2D eigenvalue weighted by atomic mass is 10.2. The fraction of sp³-hybridized carbons (Fsp3) is 0.250. The van der Waals surface area contributed by atoms with Gasteiger partial charge >= 0.3 is 0 Å². The molecule has 2 rings (SSSR count). The van der Waals surface area contributed by atoms with Gasteiger partial charge in [0.05, 0.1) is 12.3 Å². The molecular weight excluding hydrogens is 218 g/mol. The molecule has 0 N–H and O–H groups in total. The molecule has 0 unspecified atom stereocenters. The van der Waals surface area contributed by atoms with Crippen molar-refractivity contribution in [2.45, 2.75) is 13.5 Å². The molecule has 5 heteroatoms. The number of aldehydes is 1. The number of hydrogen-bond donors (Lipinski definition) is 0. The highest BCUT2D eigenvalue weighted by Gasteiger charge is 2.14. The summed E-state index contributed by atoms with van der Waals surface area (Å²) < 4.78 is 6.71. The Labute approximate surface area is 99.0 Å². The van der Waals surface area contributed by atoms with Crippen molar-refractivity contribution in [3.8, 4) is 5.69 Å². The lowest BCUT2D eigenvalue weighted by Gasteiger charge is -2.08. The molecule has 1 heterocycles. The van der Waals surface area contributed by atoms with Gasteiger partial charge in [-0.25, -0.2) is 4.68 Å². The minimum atomic E-state index is 0.301. The maximum Gasteiger partial charge on any atom is 0.172 e. The maximum absolute atomic E-state index is 10.9. The third-order valence-corrected chi connectivity index (χ3v) is 2.53. The summed E-state index contributed by atoms with van der Waals surface area (Å²) in [4.78, 5) is 10.9. The Bertz CT molecular complexity index is 534. The monoisotopic (exact) mass is 231 g/mol. The van der Waals surface area contributed by atoms with Crippen molar-refractivity contribution < 1.29 is 9.53 Å². The van der Waals surface area contributed by atoms with Gasteiger partial charge in [-0.05, 0) is 18.6 Å². The number of ether oxygens (including phenoxy) is 1. The van der Waals surface area contributed by atoms with Crippen molar-refractivity contribution in [3.63, 3.8) is 0 Å². The highest BCUT2D eigenvalue weighted by Crippen LogP contribution is 2.16. The topological polar surface area (TPSA) is 57.0 Å². The van der Waals surface area contributed by atoms with E-state index in [1.54, 1.807) is 11.8 Å². The van der Waals surface area contributed by atoms with E-state index < -0.39 is 0 Å². The summed E-state index contributed by atoms with van der Waals surface area (Å²) >= 11 is 0. The first-order valence-corrected chi connectivity index (χ1v) is 5.22. The largest absolute Gasteiger partial charge is 0.378 e. The number of carbonyl (C=O) groups is 1. The number of benzene rings is 1. The van der Waals surface area contributed by atoms with Crippen LogP contribution in [0.4, 0.5) is 0 Å². The van der Waals surface area contributed by atoms with Crippen LogP contribution in [0.15, 0.2) is 24.3 Å². The van der Waals surface area contributed by atoms with E-state index in [2.05, 4.69) is 10.3 Å². The molecule has 0 saturated heterocycles. The molecule has 5 nitrogen and oxygen atoms in total. The Balaban J connectivity index is 2.55. The number of carbonyl (C=O) groups excluding carboxylic acids is 1. The zero-order valence-electron chi connectivity index (χ0n) is 9.75. The Hall–Kier alpha value is -2.01. The smallest absolute Gasteiger partial charge is 0.172 e. The Morgan fingerprint density at radius 1 is 1.41 bits per heavy atom. The second-order valence-corrected chi connectivity index (χ2v) is 3.67. The second kappa shape index (κ2) is 4.88. The normalized spacial score (nSPS) is 10.5. The number of rotatable bonds is 4. The summed E-state index contributed by atoms with van der Waals surface area (Å²) in [5.41, 5.74) is 2.94. The highest BCUT2D eigenvalue weighted by atomic mass is 16.5. The summed E-state index contributed by atoms with van der Waals surface area (Å²) in [5.74, 6) is 0. The predicted octanol–water partition coefficient (Wildman–Crippen LogP) is 1.53. The van der Waals surface area contributed by atoms with E-state index in [-0.39, 0.29) is 0 Å². The average molecular weight is 231 g/mol. The first-order valence-electron chi connectivity index (χ1n) is 5.22.